The quantitative estimate of drug-likeness (QED) is 0.690. The number of carbonyl (C=O) groups excluding carboxylic acids is 1. The summed E-state index contributed by atoms with van der Waals surface area (Å²) >= 11 is 7.11. The molecule has 1 heterocycles. The van der Waals surface area contributed by atoms with Gasteiger partial charge in [-0.1, -0.05) is 47.6 Å². The van der Waals surface area contributed by atoms with E-state index in [-0.39, 0.29) is 10.7 Å². The minimum Gasteiger partial charge on any atom is -0.319 e. The molecule has 3 nitrogen and oxygen atoms in total. The van der Waals surface area contributed by atoms with Gasteiger partial charge in [0.1, 0.15) is 5.03 Å². The molecule has 0 saturated heterocycles. The number of aromatic nitrogens is 1. The number of nitrogens with one attached hydrogen (secondary N) is 1. The van der Waals surface area contributed by atoms with Crippen LogP contribution in [0.5, 0.6) is 0 Å². The number of anilines is 1. The first-order chi connectivity index (χ1) is 11.6. The van der Waals surface area contributed by atoms with Crippen molar-refractivity contribution >= 4 is 35.0 Å². The molecule has 3 rings (SSSR count). The van der Waals surface area contributed by atoms with E-state index < -0.39 is 11.7 Å². The van der Waals surface area contributed by atoms with Crippen LogP contribution in [-0.4, -0.2) is 10.9 Å². The molecule has 0 aliphatic heterocycles. The molecule has 24 heavy (non-hydrogen) atoms. The normalized spacial score (nSPS) is 10.4. The highest BCUT2D eigenvalue weighted by Gasteiger charge is 2.16. The number of pyridine rings is 1. The predicted octanol–water partition coefficient (Wildman–Crippen LogP) is 5.28. The molecule has 1 amide bonds. The molecule has 0 aliphatic carbocycles. The molecule has 0 saturated carbocycles. The topological polar surface area (TPSA) is 42.0 Å². The summed E-state index contributed by atoms with van der Waals surface area (Å²) in [4.78, 5) is 17.7. The Morgan fingerprint density at radius 1 is 1.04 bits per heavy atom. The monoisotopic (exact) mass is 358 g/mol. The van der Waals surface area contributed by atoms with Crippen LogP contribution in [0.2, 0.25) is 5.02 Å². The van der Waals surface area contributed by atoms with Gasteiger partial charge in [-0.3, -0.25) is 4.79 Å². The van der Waals surface area contributed by atoms with E-state index in [1.807, 2.05) is 30.3 Å². The average Bonchev–Trinajstić information content (AvgIpc) is 2.60. The van der Waals surface area contributed by atoms with E-state index >= 15 is 0 Å². The van der Waals surface area contributed by atoms with Crippen LogP contribution in [0.1, 0.15) is 10.4 Å². The molecule has 1 aromatic heterocycles. The van der Waals surface area contributed by atoms with Crippen LogP contribution in [0.4, 0.5) is 10.1 Å². The lowest BCUT2D eigenvalue weighted by Gasteiger charge is -2.10. The fourth-order valence-corrected chi connectivity index (χ4v) is 3.11. The van der Waals surface area contributed by atoms with Crippen LogP contribution >= 0.6 is 23.4 Å². The highest BCUT2D eigenvalue weighted by atomic mass is 35.5. The summed E-state index contributed by atoms with van der Waals surface area (Å²) in [5, 5.41) is 3.04. The lowest BCUT2D eigenvalue weighted by atomic mass is 10.2. The smallest absolute Gasteiger partial charge is 0.258 e. The number of halogens is 2. The fourth-order valence-electron chi connectivity index (χ4n) is 2.04. The maximum atomic E-state index is 14.0. The molecule has 6 heteroatoms. The largest absolute Gasteiger partial charge is 0.319 e. The van der Waals surface area contributed by atoms with Crippen molar-refractivity contribution in [3.05, 3.63) is 83.3 Å². The molecule has 0 aliphatic rings. The molecule has 3 aromatic rings. The Kier molecular flexibility index (Phi) is 5.13. The van der Waals surface area contributed by atoms with Crippen molar-refractivity contribution in [1.82, 2.24) is 4.98 Å². The van der Waals surface area contributed by atoms with Crippen molar-refractivity contribution in [2.45, 2.75) is 9.92 Å². The number of nitrogens with zero attached hydrogens (tertiary/aromatic N) is 1. The Bertz CT molecular complexity index is 874. The van der Waals surface area contributed by atoms with E-state index in [2.05, 4.69) is 10.3 Å². The first kappa shape index (κ1) is 16.5. The third kappa shape index (κ3) is 3.75. The van der Waals surface area contributed by atoms with E-state index in [0.29, 0.717) is 10.6 Å². The summed E-state index contributed by atoms with van der Waals surface area (Å²) in [7, 11) is 0. The van der Waals surface area contributed by atoms with Gasteiger partial charge in [0.2, 0.25) is 0 Å². The molecule has 0 fully saturated rings. The van der Waals surface area contributed by atoms with Crippen molar-refractivity contribution in [3.63, 3.8) is 0 Å². The summed E-state index contributed by atoms with van der Waals surface area (Å²) in [6.07, 6.45) is 1.61. The van der Waals surface area contributed by atoms with Crippen LogP contribution < -0.4 is 5.32 Å². The van der Waals surface area contributed by atoms with Crippen LogP contribution in [0, 0.1) is 5.82 Å². The molecule has 1 N–H and O–H groups in total. The second-order valence-electron chi connectivity index (χ2n) is 4.83. The number of benzene rings is 2. The van der Waals surface area contributed by atoms with E-state index in [9.17, 15) is 9.18 Å². The molecule has 0 atom stereocenters. The highest BCUT2D eigenvalue weighted by molar-refractivity contribution is 7.99. The molecule has 0 spiro atoms. The lowest BCUT2D eigenvalue weighted by molar-refractivity contribution is 0.102. The van der Waals surface area contributed by atoms with Gasteiger partial charge in [0.05, 0.1) is 16.3 Å². The molecule has 0 unspecified atom stereocenters. The average molecular weight is 359 g/mol. The predicted molar refractivity (Wildman–Crippen MR) is 94.2 cm³/mol. The number of hydrogen-bond acceptors (Lipinski definition) is 3. The highest BCUT2D eigenvalue weighted by Crippen LogP contribution is 2.29. The van der Waals surface area contributed by atoms with Crippen LogP contribution in [-0.2, 0) is 0 Å². The van der Waals surface area contributed by atoms with Gasteiger partial charge in [-0.05, 0) is 36.4 Å². The van der Waals surface area contributed by atoms with E-state index in [0.717, 1.165) is 4.90 Å². The van der Waals surface area contributed by atoms with E-state index in [1.54, 1.807) is 24.4 Å². The van der Waals surface area contributed by atoms with Gasteiger partial charge in [-0.25, -0.2) is 9.37 Å². The van der Waals surface area contributed by atoms with Crippen molar-refractivity contribution in [2.75, 3.05) is 5.32 Å². The van der Waals surface area contributed by atoms with Gasteiger partial charge in [0, 0.05) is 11.1 Å². The Morgan fingerprint density at radius 3 is 2.62 bits per heavy atom. The van der Waals surface area contributed by atoms with Gasteiger partial charge >= 0.3 is 0 Å². The number of carbonyl (C=O) groups is 1. The summed E-state index contributed by atoms with van der Waals surface area (Å²) < 4.78 is 14.0. The minimum atomic E-state index is -0.659. The van der Waals surface area contributed by atoms with Crippen LogP contribution in [0.15, 0.2) is 76.8 Å². The zero-order chi connectivity index (χ0) is 16.9. The van der Waals surface area contributed by atoms with Gasteiger partial charge in [0.25, 0.3) is 5.91 Å². The fraction of sp³-hybridized carbons (Fsp3) is 0. The number of rotatable bonds is 4. The summed E-state index contributed by atoms with van der Waals surface area (Å²) in [5.74, 6) is -1.10. The number of amides is 1. The Labute approximate surface area is 147 Å². The van der Waals surface area contributed by atoms with Gasteiger partial charge in [-0.15, -0.1) is 0 Å². The standard InChI is InChI=1S/C18H12ClFN2OS/c19-14-9-4-10-15(16(14)20)22-17(23)13-8-5-11-21-18(13)24-12-6-2-1-3-7-12/h1-11H,(H,22,23). The zero-order valence-electron chi connectivity index (χ0n) is 12.4. The van der Waals surface area contributed by atoms with Gasteiger partial charge in [-0.2, -0.15) is 0 Å². The van der Waals surface area contributed by atoms with Gasteiger partial charge in [0.15, 0.2) is 5.82 Å². The first-order valence-electron chi connectivity index (χ1n) is 7.08. The summed E-state index contributed by atoms with van der Waals surface area (Å²) in [6.45, 7) is 0. The third-order valence-electron chi connectivity index (χ3n) is 3.17. The lowest BCUT2D eigenvalue weighted by Crippen LogP contribution is -2.14. The van der Waals surface area contributed by atoms with Crippen molar-refractivity contribution in [3.8, 4) is 0 Å². The summed E-state index contributed by atoms with van der Waals surface area (Å²) in [6, 6.07) is 17.4. The van der Waals surface area contributed by atoms with Crippen molar-refractivity contribution in [1.29, 1.82) is 0 Å². The molecular weight excluding hydrogens is 347 g/mol. The first-order valence-corrected chi connectivity index (χ1v) is 8.28. The van der Waals surface area contributed by atoms with Crippen LogP contribution in [0.25, 0.3) is 0 Å². The Balaban J connectivity index is 1.86. The minimum absolute atomic E-state index is 0.0343. The second kappa shape index (κ2) is 7.47. The summed E-state index contributed by atoms with van der Waals surface area (Å²) in [5.41, 5.74) is 0.401. The molecule has 0 bridgehead atoms. The Morgan fingerprint density at radius 2 is 1.83 bits per heavy atom. The van der Waals surface area contributed by atoms with E-state index in [4.69, 9.17) is 11.6 Å². The molecule has 120 valence electrons. The molecular formula is C18H12ClFN2OS. The van der Waals surface area contributed by atoms with Crippen molar-refractivity contribution < 1.29 is 9.18 Å². The number of hydrogen-bond donors (Lipinski definition) is 1. The maximum Gasteiger partial charge on any atom is 0.258 e. The second-order valence-corrected chi connectivity index (χ2v) is 6.30. The Hall–Kier alpha value is -2.37. The molecule has 2 aromatic carbocycles. The third-order valence-corrected chi connectivity index (χ3v) is 4.49. The van der Waals surface area contributed by atoms with Gasteiger partial charge < -0.3 is 5.32 Å². The van der Waals surface area contributed by atoms with Crippen molar-refractivity contribution in [2.24, 2.45) is 0 Å². The zero-order valence-corrected chi connectivity index (χ0v) is 13.9. The van der Waals surface area contributed by atoms with E-state index in [1.165, 1.54) is 23.9 Å². The van der Waals surface area contributed by atoms with Crippen LogP contribution in [0.3, 0.4) is 0 Å². The molecule has 0 radical (unpaired) electrons. The maximum absolute atomic E-state index is 14.0. The SMILES string of the molecule is O=C(Nc1cccc(Cl)c1F)c1cccnc1Sc1ccccc1.